The fraction of sp³-hybridized carbons (Fsp3) is 0.493. The molecule has 2 saturated heterocycles. The second-order valence-electron chi connectivity index (χ2n) is 25.7. The van der Waals surface area contributed by atoms with Crippen LogP contribution in [0.1, 0.15) is 122 Å². The zero-order valence-corrected chi connectivity index (χ0v) is 59.9. The maximum atomic E-state index is 12.9. The van der Waals surface area contributed by atoms with E-state index in [0.29, 0.717) is 86.1 Å². The fourth-order valence-corrected chi connectivity index (χ4v) is 13.2. The summed E-state index contributed by atoms with van der Waals surface area (Å²) in [5, 5.41) is 40.9. The number of halogens is 6. The van der Waals surface area contributed by atoms with Crippen molar-refractivity contribution < 1.29 is 38.9 Å². The molecule has 1 saturated carbocycles. The summed E-state index contributed by atoms with van der Waals surface area (Å²) in [6, 6.07) is 21.4. The van der Waals surface area contributed by atoms with Gasteiger partial charge in [-0.15, -0.1) is 0 Å². The molecule has 4 aliphatic rings. The number of hydrogen-bond acceptors (Lipinski definition) is 12. The molecule has 3 fully saturated rings. The van der Waals surface area contributed by atoms with Crippen LogP contribution in [-0.2, 0) is 40.2 Å². The average molecular weight is 1430 g/mol. The molecule has 10 rings (SSSR count). The lowest BCUT2D eigenvalue weighted by Crippen LogP contribution is -2.50. The minimum Gasteiger partial charge on any atom is -0.444 e. The third kappa shape index (κ3) is 20.1. The van der Waals surface area contributed by atoms with E-state index in [1.54, 1.807) is 42.3 Å². The number of likely N-dealkylation sites (tertiary alicyclic amines) is 2. The summed E-state index contributed by atoms with van der Waals surface area (Å²) in [6.07, 6.45) is 6.71. The Balaban J connectivity index is 0.000000203. The third-order valence-electron chi connectivity index (χ3n) is 16.6. The molecule has 28 heteroatoms. The molecule has 5 atom stereocenters. The van der Waals surface area contributed by atoms with Gasteiger partial charge in [0.05, 0.1) is 86.1 Å². The molecule has 0 spiro atoms. The van der Waals surface area contributed by atoms with Gasteiger partial charge < -0.3 is 51.2 Å². The normalized spacial score (nSPS) is 18.7. The SMILES string of the molecule is Cn1nc(-c2cccc(Cl)c2Cl)cc1C1=CCN(C(=O)OC(C)(C)C)CC1.Cn1nc(-c2cccc(Cl)c2Cl)cc1C1CCN(C(=O)CNC(=O)[C@H](N=C(N)N)C2CCCCC2)CC1O.Cn1nc(-c2cccc(Cl)c2Cl)cc1C1CCN(C(=O)OC(C)(C)C)CC1O.[B]C. The molecule has 2 radical (unpaired) electrons. The summed E-state index contributed by atoms with van der Waals surface area (Å²) in [6.45, 7) is 14.9. The Hall–Kier alpha value is -6.50. The number of aryl methyl sites for hydroxylation is 3. The number of nitrogens with zero attached hydrogens (tertiary/aromatic N) is 10. The molecule has 512 valence electrons. The molecule has 7 N–H and O–H groups in total. The van der Waals surface area contributed by atoms with Crippen LogP contribution < -0.4 is 16.8 Å². The molecule has 6 heterocycles. The number of rotatable bonds is 11. The topological polar surface area (TPSA) is 267 Å². The number of aliphatic imine (C=N–C) groups is 1. The molecular weight excluding hydrogens is 1340 g/mol. The summed E-state index contributed by atoms with van der Waals surface area (Å²) in [4.78, 5) is 59.3. The van der Waals surface area contributed by atoms with Crippen LogP contribution in [0.25, 0.3) is 39.3 Å². The van der Waals surface area contributed by atoms with Crippen molar-refractivity contribution in [3.63, 3.8) is 0 Å². The number of guanidine groups is 1. The van der Waals surface area contributed by atoms with Gasteiger partial charge in [-0.3, -0.25) is 23.6 Å². The van der Waals surface area contributed by atoms with Crippen molar-refractivity contribution in [1.82, 2.24) is 49.4 Å². The van der Waals surface area contributed by atoms with E-state index in [-0.39, 0.29) is 61.3 Å². The standard InChI is InChI=1S/C26H35Cl2N7O3.C20H25Cl2N3O3.C20H23Cl2N3O2.CH3B/c1-34-20(12-19(33-34)16-8-5-9-18(27)23(16)28)17-10-11-35(14-21(17)36)22(37)13-31-25(38)24(32-26(29)30)15-6-3-2-4-7-15;1-20(2,3)28-19(27)25-9-8-13(17(26)11-25)16-10-15(23-24(16)4)12-6-5-7-14(21)18(12)22;1-20(2,3)27-19(26)25-10-8-13(9-11-25)17-12-16(23-24(17)4)14-6-5-7-15(21)18(14)22;1-2/h5,8-9,12,15,17,21,24,36H,2-4,6-7,10-11,13-14H2,1H3,(H,31,38)(H4,29,30,32);5-7,10,13,17,26H,8-9,11H2,1-4H3;5-8,12H,9-11H2,1-4H3;1H3/t17?,21?,24-;;;/m1.../s1. The van der Waals surface area contributed by atoms with E-state index in [1.807, 2.05) is 128 Å². The number of β-amino-alcohol motifs (C(OH)–C–C–N with tert-alkyl or cyclic N) is 2. The molecule has 4 amide bonds. The maximum Gasteiger partial charge on any atom is 0.410 e. The number of aromatic nitrogens is 6. The van der Waals surface area contributed by atoms with Crippen LogP contribution in [0, 0.1) is 5.92 Å². The fourth-order valence-electron chi connectivity index (χ4n) is 12.0. The number of aliphatic hydroxyl groups excluding tert-OH is 2. The molecule has 0 bridgehead atoms. The first kappa shape index (κ1) is 75.9. The van der Waals surface area contributed by atoms with E-state index in [2.05, 4.69) is 33.5 Å². The van der Waals surface area contributed by atoms with Gasteiger partial charge in [-0.1, -0.05) is 138 Å². The summed E-state index contributed by atoms with van der Waals surface area (Å²) in [5.41, 5.74) is 18.4. The van der Waals surface area contributed by atoms with Gasteiger partial charge >= 0.3 is 12.2 Å². The van der Waals surface area contributed by atoms with Crippen molar-refractivity contribution in [2.45, 2.75) is 141 Å². The van der Waals surface area contributed by atoms with Crippen LogP contribution in [0.2, 0.25) is 37.0 Å². The van der Waals surface area contributed by atoms with Crippen molar-refractivity contribution in [2.75, 3.05) is 45.8 Å². The quantitative estimate of drug-likeness (QED) is 0.0459. The Labute approximate surface area is 587 Å². The summed E-state index contributed by atoms with van der Waals surface area (Å²) < 4.78 is 16.2. The average Bonchev–Trinajstić information content (AvgIpc) is 1.68. The second kappa shape index (κ2) is 33.6. The van der Waals surface area contributed by atoms with Gasteiger partial charge in [-0.25, -0.2) is 14.6 Å². The number of carbonyl (C=O) groups excluding carboxylic acids is 4. The van der Waals surface area contributed by atoms with Crippen LogP contribution in [-0.4, -0.2) is 167 Å². The van der Waals surface area contributed by atoms with E-state index >= 15 is 0 Å². The van der Waals surface area contributed by atoms with Gasteiger partial charge in [0.2, 0.25) is 11.8 Å². The Morgan fingerprint density at radius 2 is 1.05 bits per heavy atom. The summed E-state index contributed by atoms with van der Waals surface area (Å²) in [7, 11) is 10.1. The number of benzene rings is 3. The van der Waals surface area contributed by atoms with E-state index in [9.17, 15) is 29.4 Å². The minimum atomic E-state index is -0.793. The monoisotopic (exact) mass is 1420 g/mol. The Morgan fingerprint density at radius 1 is 0.621 bits per heavy atom. The first-order valence-electron chi connectivity index (χ1n) is 31.6. The number of carbonyl (C=O) groups is 4. The van der Waals surface area contributed by atoms with E-state index in [4.69, 9.17) is 90.5 Å². The van der Waals surface area contributed by atoms with Gasteiger partial charge in [0.1, 0.15) is 17.2 Å². The van der Waals surface area contributed by atoms with Crippen LogP contribution >= 0.6 is 69.6 Å². The highest BCUT2D eigenvalue weighted by Gasteiger charge is 2.37. The van der Waals surface area contributed by atoms with Crippen molar-refractivity contribution >= 4 is 113 Å². The first-order chi connectivity index (χ1) is 44.9. The molecule has 21 nitrogen and oxygen atoms in total. The molecular formula is C67H86BCl6N13O8. The van der Waals surface area contributed by atoms with Gasteiger partial charge in [-0.05, 0) is 122 Å². The molecule has 1 aliphatic carbocycles. The lowest BCUT2D eigenvalue weighted by molar-refractivity contribution is -0.136. The smallest absolute Gasteiger partial charge is 0.410 e. The maximum absolute atomic E-state index is 12.9. The van der Waals surface area contributed by atoms with Gasteiger partial charge in [0.15, 0.2) is 5.96 Å². The van der Waals surface area contributed by atoms with Gasteiger partial charge in [-0.2, -0.15) is 15.3 Å². The number of ether oxygens (including phenoxy) is 2. The van der Waals surface area contributed by atoms with Crippen molar-refractivity contribution in [3.8, 4) is 33.8 Å². The number of amides is 4. The number of piperidine rings is 2. The summed E-state index contributed by atoms with van der Waals surface area (Å²) in [5.74, 6) is -1.04. The number of nitrogens with one attached hydrogen (secondary N) is 1. The third-order valence-corrected chi connectivity index (χ3v) is 19.0. The van der Waals surface area contributed by atoms with Gasteiger partial charge in [0.25, 0.3) is 0 Å². The molecule has 95 heavy (non-hydrogen) atoms. The Bertz CT molecular complexity index is 3720. The number of hydrogen-bond donors (Lipinski definition) is 5. The van der Waals surface area contributed by atoms with Crippen LogP contribution in [0.4, 0.5) is 9.59 Å². The highest BCUT2D eigenvalue weighted by Crippen LogP contribution is 2.40. The second-order valence-corrected chi connectivity index (χ2v) is 28.1. The molecule has 3 aliphatic heterocycles. The zero-order chi connectivity index (χ0) is 69.8. The molecule has 3 aromatic heterocycles. The van der Waals surface area contributed by atoms with E-state index < -0.39 is 35.5 Å². The molecule has 6 aromatic rings. The predicted octanol–water partition coefficient (Wildman–Crippen LogP) is 12.5. The van der Waals surface area contributed by atoms with Crippen molar-refractivity contribution in [3.05, 3.63) is 126 Å². The van der Waals surface area contributed by atoms with E-state index in [0.717, 1.165) is 78.0 Å². The van der Waals surface area contributed by atoms with Crippen molar-refractivity contribution in [1.29, 1.82) is 0 Å². The van der Waals surface area contributed by atoms with Crippen molar-refractivity contribution in [2.24, 2.45) is 43.5 Å². The highest BCUT2D eigenvalue weighted by molar-refractivity contribution is 6.44. The predicted molar refractivity (Wildman–Crippen MR) is 378 cm³/mol. The summed E-state index contributed by atoms with van der Waals surface area (Å²) >= 11 is 37.4. The largest absolute Gasteiger partial charge is 0.444 e. The van der Waals surface area contributed by atoms with Gasteiger partial charge in [0, 0.05) is 93.8 Å². The first-order valence-corrected chi connectivity index (χ1v) is 33.8. The lowest BCUT2D eigenvalue weighted by Gasteiger charge is -2.36. The number of nitrogens with two attached hydrogens (primary N) is 2. The van der Waals surface area contributed by atoms with Crippen LogP contribution in [0.15, 0.2) is 83.9 Å². The lowest BCUT2D eigenvalue weighted by atomic mass is 9.83. The van der Waals surface area contributed by atoms with Crippen LogP contribution in [0.3, 0.4) is 0 Å². The zero-order valence-electron chi connectivity index (χ0n) is 55.4. The number of aliphatic hydroxyl groups is 2. The van der Waals surface area contributed by atoms with Crippen LogP contribution in [0.5, 0.6) is 0 Å². The van der Waals surface area contributed by atoms with E-state index in [1.165, 1.54) is 6.82 Å². The Morgan fingerprint density at radius 3 is 1.48 bits per heavy atom. The Kier molecular flexibility index (Phi) is 26.9. The molecule has 4 unspecified atom stereocenters. The highest BCUT2D eigenvalue weighted by atomic mass is 35.5. The molecule has 3 aromatic carbocycles. The minimum absolute atomic E-state index is 0.0594.